The minimum Gasteiger partial charge on any atom is -0.478 e. The Morgan fingerprint density at radius 3 is 2.69 bits per heavy atom. The Kier molecular flexibility index (Phi) is 2.62. The van der Waals surface area contributed by atoms with Crippen LogP contribution < -0.4 is 4.74 Å². The van der Waals surface area contributed by atoms with E-state index in [0.717, 1.165) is 5.39 Å². The predicted molar refractivity (Wildman–Crippen MR) is 60.1 cm³/mol. The number of carboxylic acids is 1. The summed E-state index contributed by atoms with van der Waals surface area (Å²) in [7, 11) is 0. The van der Waals surface area contributed by atoms with Gasteiger partial charge in [-0.3, -0.25) is 4.79 Å². The molecule has 16 heavy (non-hydrogen) atoms. The second-order valence-electron chi connectivity index (χ2n) is 3.18. The molecule has 0 spiro atoms. The van der Waals surface area contributed by atoms with E-state index in [1.165, 1.54) is 24.3 Å². The van der Waals surface area contributed by atoms with Crippen LogP contribution in [0.2, 0.25) is 0 Å². The van der Waals surface area contributed by atoms with Crippen LogP contribution in [0.15, 0.2) is 23.6 Å². The monoisotopic (exact) mass is 236 g/mol. The highest BCUT2D eigenvalue weighted by atomic mass is 32.1. The molecule has 1 heterocycles. The smallest absolute Gasteiger partial charge is 0.340 e. The average Bonchev–Trinajstić information content (AvgIpc) is 2.63. The number of benzene rings is 1. The van der Waals surface area contributed by atoms with Gasteiger partial charge in [0, 0.05) is 6.92 Å². The zero-order chi connectivity index (χ0) is 11.7. The van der Waals surface area contributed by atoms with E-state index in [1.807, 2.05) is 6.07 Å². The Morgan fingerprint density at radius 1 is 1.31 bits per heavy atom. The second-order valence-corrected chi connectivity index (χ2v) is 4.09. The predicted octanol–water partition coefficient (Wildman–Crippen LogP) is 2.52. The molecule has 0 saturated carbocycles. The summed E-state index contributed by atoms with van der Waals surface area (Å²) in [6, 6.07) is 5.06. The third kappa shape index (κ3) is 1.77. The number of thiophene rings is 1. The first-order chi connectivity index (χ1) is 7.59. The molecule has 0 bridgehead atoms. The largest absolute Gasteiger partial charge is 0.478 e. The Bertz CT molecular complexity index is 570. The van der Waals surface area contributed by atoms with Crippen LogP contribution in [0.5, 0.6) is 5.75 Å². The summed E-state index contributed by atoms with van der Waals surface area (Å²) in [5, 5.41) is 11.7. The molecular weight excluding hydrogens is 228 g/mol. The summed E-state index contributed by atoms with van der Waals surface area (Å²) in [4.78, 5) is 22.0. The van der Waals surface area contributed by atoms with Crippen LogP contribution in [-0.4, -0.2) is 17.0 Å². The van der Waals surface area contributed by atoms with Gasteiger partial charge in [-0.15, -0.1) is 11.3 Å². The molecule has 2 rings (SSSR count). The molecule has 0 radical (unpaired) electrons. The van der Waals surface area contributed by atoms with E-state index in [-0.39, 0.29) is 11.3 Å². The Morgan fingerprint density at radius 2 is 2.06 bits per heavy atom. The summed E-state index contributed by atoms with van der Waals surface area (Å²) >= 11 is 1.31. The molecule has 0 aliphatic carbocycles. The minimum absolute atomic E-state index is 0.0442. The molecule has 0 aliphatic rings. The molecular formula is C11H8O4S. The van der Waals surface area contributed by atoms with Crippen LogP contribution in [0.3, 0.4) is 0 Å². The van der Waals surface area contributed by atoms with Crippen molar-refractivity contribution >= 4 is 33.4 Å². The number of esters is 1. The van der Waals surface area contributed by atoms with Gasteiger partial charge in [0.1, 0.15) is 11.3 Å². The van der Waals surface area contributed by atoms with Gasteiger partial charge < -0.3 is 9.84 Å². The van der Waals surface area contributed by atoms with Crippen LogP contribution in [0.25, 0.3) is 10.1 Å². The molecule has 0 saturated heterocycles. The van der Waals surface area contributed by atoms with E-state index in [0.29, 0.717) is 4.70 Å². The lowest BCUT2D eigenvalue weighted by Crippen LogP contribution is -2.07. The van der Waals surface area contributed by atoms with Crippen LogP contribution in [-0.2, 0) is 4.79 Å². The van der Waals surface area contributed by atoms with Crippen molar-refractivity contribution in [2.24, 2.45) is 0 Å². The first-order valence-corrected chi connectivity index (χ1v) is 5.39. The lowest BCUT2D eigenvalue weighted by molar-refractivity contribution is -0.131. The van der Waals surface area contributed by atoms with Crippen LogP contribution >= 0.6 is 11.3 Å². The fourth-order valence-corrected chi connectivity index (χ4v) is 2.39. The van der Waals surface area contributed by atoms with Crippen LogP contribution in [0, 0.1) is 0 Å². The number of ether oxygens (including phenoxy) is 1. The topological polar surface area (TPSA) is 63.6 Å². The maximum Gasteiger partial charge on any atom is 0.340 e. The Balaban J connectivity index is 2.68. The zero-order valence-electron chi connectivity index (χ0n) is 8.39. The third-order valence-corrected chi connectivity index (χ3v) is 3.00. The van der Waals surface area contributed by atoms with Gasteiger partial charge in [-0.25, -0.2) is 4.79 Å². The fourth-order valence-electron chi connectivity index (χ4n) is 1.46. The summed E-state index contributed by atoms with van der Waals surface area (Å²) in [6.07, 6.45) is 0. The van der Waals surface area contributed by atoms with Gasteiger partial charge >= 0.3 is 11.9 Å². The van der Waals surface area contributed by atoms with Gasteiger partial charge in [-0.05, 0) is 29.0 Å². The molecule has 2 aromatic rings. The molecule has 0 fully saturated rings. The number of carbonyl (C=O) groups is 2. The first kappa shape index (κ1) is 10.6. The van der Waals surface area contributed by atoms with Gasteiger partial charge in [-0.2, -0.15) is 0 Å². The van der Waals surface area contributed by atoms with Crippen molar-refractivity contribution in [3.63, 3.8) is 0 Å². The van der Waals surface area contributed by atoms with E-state index in [4.69, 9.17) is 9.84 Å². The molecule has 1 N–H and O–H groups in total. The highest BCUT2D eigenvalue weighted by Gasteiger charge is 2.17. The fraction of sp³-hybridized carbons (Fsp3) is 0.0909. The summed E-state index contributed by atoms with van der Waals surface area (Å²) in [6.45, 7) is 1.24. The average molecular weight is 236 g/mol. The Hall–Kier alpha value is -1.88. The van der Waals surface area contributed by atoms with Gasteiger partial charge in [0.15, 0.2) is 0 Å². The number of hydrogen-bond acceptors (Lipinski definition) is 4. The number of rotatable bonds is 2. The van der Waals surface area contributed by atoms with Crippen molar-refractivity contribution in [1.82, 2.24) is 0 Å². The number of hydrogen-bond donors (Lipinski definition) is 1. The lowest BCUT2D eigenvalue weighted by atomic mass is 10.1. The van der Waals surface area contributed by atoms with Crippen molar-refractivity contribution in [2.45, 2.75) is 6.92 Å². The van der Waals surface area contributed by atoms with Gasteiger partial charge in [0.25, 0.3) is 0 Å². The van der Waals surface area contributed by atoms with Crippen molar-refractivity contribution < 1.29 is 19.4 Å². The SMILES string of the molecule is CC(=O)Oc1ccc2ccsc2c1C(=O)O. The van der Waals surface area contributed by atoms with E-state index in [2.05, 4.69) is 0 Å². The van der Waals surface area contributed by atoms with Gasteiger partial charge in [-0.1, -0.05) is 0 Å². The molecule has 82 valence electrons. The molecule has 1 aromatic carbocycles. The quantitative estimate of drug-likeness (QED) is 0.642. The van der Waals surface area contributed by atoms with Crippen molar-refractivity contribution in [3.05, 3.63) is 29.1 Å². The number of carboxylic acid groups (broad SMARTS) is 1. The Labute approximate surface area is 95.1 Å². The molecule has 1 aromatic heterocycles. The third-order valence-electron chi connectivity index (χ3n) is 2.05. The summed E-state index contributed by atoms with van der Waals surface area (Å²) in [5.41, 5.74) is 0.0442. The van der Waals surface area contributed by atoms with Crippen LogP contribution in [0.4, 0.5) is 0 Å². The molecule has 0 atom stereocenters. The van der Waals surface area contributed by atoms with Gasteiger partial charge in [0.2, 0.25) is 0 Å². The standard InChI is InChI=1S/C11H8O4S/c1-6(12)15-8-3-2-7-4-5-16-10(7)9(8)11(13)14/h2-5H,1H3,(H,13,14). The number of carbonyl (C=O) groups excluding carboxylic acids is 1. The minimum atomic E-state index is -1.09. The summed E-state index contributed by atoms with van der Waals surface area (Å²) < 4.78 is 5.49. The first-order valence-electron chi connectivity index (χ1n) is 4.51. The molecule has 5 heteroatoms. The van der Waals surface area contributed by atoms with Crippen LogP contribution in [0.1, 0.15) is 17.3 Å². The van der Waals surface area contributed by atoms with E-state index in [9.17, 15) is 9.59 Å². The van der Waals surface area contributed by atoms with Crippen molar-refractivity contribution in [1.29, 1.82) is 0 Å². The number of aromatic carboxylic acids is 1. The van der Waals surface area contributed by atoms with Crippen molar-refractivity contribution in [3.8, 4) is 5.75 Å². The van der Waals surface area contributed by atoms with Crippen molar-refractivity contribution in [2.75, 3.05) is 0 Å². The second kappa shape index (κ2) is 3.94. The zero-order valence-corrected chi connectivity index (χ0v) is 9.21. The highest BCUT2D eigenvalue weighted by molar-refractivity contribution is 7.17. The van der Waals surface area contributed by atoms with Gasteiger partial charge in [0.05, 0.1) is 4.70 Å². The maximum atomic E-state index is 11.1. The maximum absolute atomic E-state index is 11.1. The van der Waals surface area contributed by atoms with E-state index >= 15 is 0 Å². The van der Waals surface area contributed by atoms with E-state index in [1.54, 1.807) is 11.4 Å². The highest BCUT2D eigenvalue weighted by Crippen LogP contribution is 2.32. The number of fused-ring (bicyclic) bond motifs is 1. The summed E-state index contributed by atoms with van der Waals surface area (Å²) in [5.74, 6) is -1.53. The lowest BCUT2D eigenvalue weighted by Gasteiger charge is -2.06. The molecule has 0 aliphatic heterocycles. The molecule has 0 amide bonds. The van der Waals surface area contributed by atoms with E-state index < -0.39 is 11.9 Å². The molecule has 4 nitrogen and oxygen atoms in total. The molecule has 0 unspecified atom stereocenters. The normalized spacial score (nSPS) is 10.3.